The molecule has 0 bridgehead atoms. The zero-order valence-corrected chi connectivity index (χ0v) is 13.3. The molecule has 0 aromatic carbocycles. The minimum absolute atomic E-state index is 0.0874. The second kappa shape index (κ2) is 8.01. The number of urea groups is 1. The van der Waals surface area contributed by atoms with Crippen LogP contribution in [0.2, 0.25) is 0 Å². The molecule has 1 aromatic rings. The number of nitrogens with one attached hydrogen (secondary N) is 3. The van der Waals surface area contributed by atoms with Gasteiger partial charge in [0.25, 0.3) is 0 Å². The molecule has 1 aromatic heterocycles. The van der Waals surface area contributed by atoms with Crippen LogP contribution in [0.3, 0.4) is 0 Å². The zero-order valence-electron chi connectivity index (χ0n) is 12.5. The minimum atomic E-state index is -0.436. The molecule has 0 fully saturated rings. The second-order valence-electron chi connectivity index (χ2n) is 4.78. The first-order chi connectivity index (χ1) is 9.43. The Morgan fingerprint density at radius 1 is 1.35 bits per heavy atom. The predicted octanol–water partition coefficient (Wildman–Crippen LogP) is 2.25. The van der Waals surface area contributed by atoms with Crippen molar-refractivity contribution in [2.24, 2.45) is 0 Å². The van der Waals surface area contributed by atoms with Crippen molar-refractivity contribution < 1.29 is 9.59 Å². The number of amides is 3. The Balaban J connectivity index is 2.37. The summed E-state index contributed by atoms with van der Waals surface area (Å²) in [6.45, 7) is 8.79. The third-order valence-corrected chi connectivity index (χ3v) is 3.88. The van der Waals surface area contributed by atoms with Gasteiger partial charge in [-0.1, -0.05) is 6.92 Å². The number of hydrogen-bond acceptors (Lipinski definition) is 4. The molecule has 0 radical (unpaired) electrons. The van der Waals surface area contributed by atoms with Crippen molar-refractivity contribution in [2.75, 3.05) is 13.1 Å². The first kappa shape index (κ1) is 16.7. The molecule has 3 N–H and O–H groups in total. The van der Waals surface area contributed by atoms with Crippen LogP contribution in [-0.4, -0.2) is 25.0 Å². The van der Waals surface area contributed by atoms with E-state index in [-0.39, 0.29) is 18.5 Å². The van der Waals surface area contributed by atoms with Crippen LogP contribution < -0.4 is 16.0 Å². The van der Waals surface area contributed by atoms with E-state index in [1.807, 2.05) is 13.8 Å². The number of imide groups is 1. The summed E-state index contributed by atoms with van der Waals surface area (Å²) in [5.74, 6) is -0.324. The van der Waals surface area contributed by atoms with Gasteiger partial charge in [-0.2, -0.15) is 0 Å². The first-order valence-electron chi connectivity index (χ1n) is 6.82. The van der Waals surface area contributed by atoms with Crippen molar-refractivity contribution in [3.8, 4) is 0 Å². The Kier molecular flexibility index (Phi) is 6.67. The fraction of sp³-hybridized carbons (Fsp3) is 0.571. The second-order valence-corrected chi connectivity index (χ2v) is 6.24. The number of carbonyl (C=O) groups is 2. The lowest BCUT2D eigenvalue weighted by Gasteiger charge is -2.13. The van der Waals surface area contributed by atoms with Crippen molar-refractivity contribution >= 4 is 23.3 Å². The van der Waals surface area contributed by atoms with Gasteiger partial charge in [0.05, 0.1) is 6.54 Å². The molecular weight excluding hydrogens is 274 g/mol. The first-order valence-corrected chi connectivity index (χ1v) is 7.63. The largest absolute Gasteiger partial charge is 0.338 e. The number of thiophene rings is 1. The van der Waals surface area contributed by atoms with E-state index in [2.05, 4.69) is 35.9 Å². The molecule has 0 unspecified atom stereocenters. The Hall–Kier alpha value is -1.40. The highest BCUT2D eigenvalue weighted by atomic mass is 32.1. The summed E-state index contributed by atoms with van der Waals surface area (Å²) in [7, 11) is 0. The van der Waals surface area contributed by atoms with Gasteiger partial charge in [0.2, 0.25) is 5.91 Å². The number of aryl methyl sites for hydroxylation is 2. The van der Waals surface area contributed by atoms with Gasteiger partial charge in [-0.15, -0.1) is 11.3 Å². The van der Waals surface area contributed by atoms with E-state index in [0.717, 1.165) is 6.42 Å². The molecule has 0 aliphatic carbocycles. The van der Waals surface area contributed by atoms with Gasteiger partial charge < -0.3 is 10.6 Å². The normalized spacial score (nSPS) is 12.0. The maximum atomic E-state index is 11.6. The molecule has 1 atom stereocenters. The van der Waals surface area contributed by atoms with E-state index in [9.17, 15) is 9.59 Å². The van der Waals surface area contributed by atoms with Crippen LogP contribution in [0.5, 0.6) is 0 Å². The molecule has 0 aliphatic rings. The molecule has 3 amide bonds. The topological polar surface area (TPSA) is 70.2 Å². The average Bonchev–Trinajstić information content (AvgIpc) is 2.72. The number of carbonyl (C=O) groups excluding carboxylic acids is 2. The standard InChI is InChI=1S/C14H23N3O2S/c1-5-6-15-14(19)17-13(18)8-16-10(3)12-7-9(2)20-11(12)4/h7,10,16H,5-6,8H2,1-4H3,(H2,15,17,18,19)/t10-/m1/s1. The molecule has 6 heteroatoms. The van der Waals surface area contributed by atoms with Gasteiger partial charge in [-0.3, -0.25) is 10.1 Å². The highest BCUT2D eigenvalue weighted by Crippen LogP contribution is 2.25. The van der Waals surface area contributed by atoms with Crippen LogP contribution >= 0.6 is 11.3 Å². The van der Waals surface area contributed by atoms with Gasteiger partial charge in [0, 0.05) is 22.3 Å². The Labute approximate surface area is 124 Å². The lowest BCUT2D eigenvalue weighted by Crippen LogP contribution is -2.43. The Morgan fingerprint density at radius 3 is 2.60 bits per heavy atom. The third-order valence-electron chi connectivity index (χ3n) is 2.90. The van der Waals surface area contributed by atoms with Crippen LogP contribution in [0.4, 0.5) is 4.79 Å². The summed E-state index contributed by atoms with van der Waals surface area (Å²) in [4.78, 5) is 25.4. The van der Waals surface area contributed by atoms with Gasteiger partial charge in [0.15, 0.2) is 0 Å². The smallest absolute Gasteiger partial charge is 0.321 e. The van der Waals surface area contributed by atoms with E-state index < -0.39 is 6.03 Å². The fourth-order valence-electron chi connectivity index (χ4n) is 1.89. The van der Waals surface area contributed by atoms with E-state index in [1.165, 1.54) is 15.3 Å². The molecule has 112 valence electrons. The van der Waals surface area contributed by atoms with Crippen LogP contribution in [0.15, 0.2) is 6.07 Å². The Morgan fingerprint density at radius 2 is 2.05 bits per heavy atom. The van der Waals surface area contributed by atoms with Crippen LogP contribution in [0.25, 0.3) is 0 Å². The Bertz CT molecular complexity index is 471. The number of rotatable bonds is 6. The van der Waals surface area contributed by atoms with E-state index >= 15 is 0 Å². The van der Waals surface area contributed by atoms with Crippen molar-refractivity contribution in [3.05, 3.63) is 21.4 Å². The van der Waals surface area contributed by atoms with E-state index in [1.54, 1.807) is 11.3 Å². The summed E-state index contributed by atoms with van der Waals surface area (Å²) in [5, 5.41) is 8.02. The molecule has 0 saturated heterocycles. The van der Waals surface area contributed by atoms with E-state index in [4.69, 9.17) is 0 Å². The summed E-state index contributed by atoms with van der Waals surface area (Å²) >= 11 is 1.75. The number of hydrogen-bond donors (Lipinski definition) is 3. The highest BCUT2D eigenvalue weighted by Gasteiger charge is 2.13. The SMILES string of the molecule is CCCNC(=O)NC(=O)CN[C@H](C)c1cc(C)sc1C. The fourth-order valence-corrected chi connectivity index (χ4v) is 2.91. The van der Waals surface area contributed by atoms with Crippen molar-refractivity contribution in [2.45, 2.75) is 40.2 Å². The summed E-state index contributed by atoms with van der Waals surface area (Å²) in [5.41, 5.74) is 1.20. The molecule has 0 aliphatic heterocycles. The maximum absolute atomic E-state index is 11.6. The van der Waals surface area contributed by atoms with Crippen LogP contribution in [0.1, 0.15) is 41.6 Å². The molecule has 1 rings (SSSR count). The highest BCUT2D eigenvalue weighted by molar-refractivity contribution is 7.12. The van der Waals surface area contributed by atoms with Crippen LogP contribution in [-0.2, 0) is 4.79 Å². The average molecular weight is 297 g/mol. The summed E-state index contributed by atoms with van der Waals surface area (Å²) < 4.78 is 0. The van der Waals surface area contributed by atoms with Gasteiger partial charge >= 0.3 is 6.03 Å². The van der Waals surface area contributed by atoms with E-state index in [0.29, 0.717) is 6.54 Å². The molecule has 0 spiro atoms. The van der Waals surface area contributed by atoms with Gasteiger partial charge in [-0.05, 0) is 38.8 Å². The van der Waals surface area contributed by atoms with Gasteiger partial charge in [-0.25, -0.2) is 4.79 Å². The van der Waals surface area contributed by atoms with Crippen molar-refractivity contribution in [1.29, 1.82) is 0 Å². The lowest BCUT2D eigenvalue weighted by atomic mass is 10.1. The molecular formula is C14H23N3O2S. The predicted molar refractivity (Wildman–Crippen MR) is 82.0 cm³/mol. The molecule has 5 nitrogen and oxygen atoms in total. The monoisotopic (exact) mass is 297 g/mol. The quantitative estimate of drug-likeness (QED) is 0.754. The van der Waals surface area contributed by atoms with Crippen molar-refractivity contribution in [3.63, 3.8) is 0 Å². The minimum Gasteiger partial charge on any atom is -0.338 e. The van der Waals surface area contributed by atoms with Gasteiger partial charge in [0.1, 0.15) is 0 Å². The van der Waals surface area contributed by atoms with Crippen molar-refractivity contribution in [1.82, 2.24) is 16.0 Å². The molecule has 20 heavy (non-hydrogen) atoms. The molecule has 0 saturated carbocycles. The zero-order chi connectivity index (χ0) is 15.1. The lowest BCUT2D eigenvalue weighted by molar-refractivity contribution is -0.119. The third kappa shape index (κ3) is 5.30. The van der Waals surface area contributed by atoms with Crippen LogP contribution in [0, 0.1) is 13.8 Å². The maximum Gasteiger partial charge on any atom is 0.321 e. The molecule has 1 heterocycles. The summed E-state index contributed by atoms with van der Waals surface area (Å²) in [6, 6.07) is 1.78. The summed E-state index contributed by atoms with van der Waals surface area (Å²) in [6.07, 6.45) is 0.841.